The van der Waals surface area contributed by atoms with Crippen LogP contribution < -0.4 is 16.1 Å². The second-order valence-electron chi connectivity index (χ2n) is 4.66. The maximum atomic E-state index is 12.3. The van der Waals surface area contributed by atoms with Gasteiger partial charge in [-0.1, -0.05) is 6.58 Å². The zero-order valence-electron chi connectivity index (χ0n) is 12.3. The van der Waals surface area contributed by atoms with Crippen molar-refractivity contribution >= 4 is 11.8 Å². The van der Waals surface area contributed by atoms with Crippen LogP contribution in [0.25, 0.3) is 23.2 Å². The van der Waals surface area contributed by atoms with Crippen LogP contribution in [0.15, 0.2) is 51.9 Å². The van der Waals surface area contributed by atoms with Crippen molar-refractivity contribution in [3.63, 3.8) is 0 Å². The standard InChI is InChI=1S/C17H16O5/c1-10(18)8-16-17(11(2)21-3)14(20)9-15(22-16)12-4-6-13(19)7-5-12/h4-9,18-19H,1H2,2-3H3/b16-8+,17-11+. The lowest BCUT2D eigenvalue weighted by atomic mass is 10.1. The topological polar surface area (TPSA) is 79.9 Å². The average molecular weight is 300 g/mol. The molecule has 0 radical (unpaired) electrons. The molecule has 0 saturated heterocycles. The first-order chi connectivity index (χ1) is 10.4. The van der Waals surface area contributed by atoms with E-state index >= 15 is 0 Å². The molecule has 0 spiro atoms. The number of aliphatic hydroxyl groups is 1. The molecule has 0 bridgehead atoms. The molecule has 0 aliphatic carbocycles. The first-order valence-electron chi connectivity index (χ1n) is 6.50. The number of phenolic OH excluding ortho intramolecular Hbond substituents is 1. The molecule has 0 aliphatic rings. The number of phenols is 1. The van der Waals surface area contributed by atoms with Crippen LogP contribution in [0.2, 0.25) is 0 Å². The van der Waals surface area contributed by atoms with E-state index in [1.165, 1.54) is 31.4 Å². The van der Waals surface area contributed by atoms with Crippen molar-refractivity contribution in [1.82, 2.24) is 0 Å². The Morgan fingerprint density at radius 1 is 1.32 bits per heavy atom. The highest BCUT2D eigenvalue weighted by Gasteiger charge is 2.07. The number of methoxy groups -OCH3 is 1. The molecule has 0 unspecified atom stereocenters. The zero-order valence-corrected chi connectivity index (χ0v) is 12.3. The van der Waals surface area contributed by atoms with E-state index in [-0.39, 0.29) is 27.6 Å². The van der Waals surface area contributed by atoms with Crippen LogP contribution >= 0.6 is 0 Å². The summed E-state index contributed by atoms with van der Waals surface area (Å²) in [6.07, 6.45) is 1.25. The summed E-state index contributed by atoms with van der Waals surface area (Å²) in [5.74, 6) is 0.557. The Morgan fingerprint density at radius 3 is 2.50 bits per heavy atom. The first-order valence-corrected chi connectivity index (χ1v) is 6.50. The van der Waals surface area contributed by atoms with Gasteiger partial charge in [-0.05, 0) is 31.2 Å². The highest BCUT2D eigenvalue weighted by atomic mass is 16.5. The van der Waals surface area contributed by atoms with E-state index < -0.39 is 0 Å². The predicted molar refractivity (Wildman–Crippen MR) is 83.7 cm³/mol. The number of hydrogen-bond donors (Lipinski definition) is 2. The van der Waals surface area contributed by atoms with Crippen molar-refractivity contribution in [2.75, 3.05) is 7.11 Å². The number of allylic oxidation sites excluding steroid dienone is 1. The van der Waals surface area contributed by atoms with Gasteiger partial charge in [0.1, 0.15) is 33.7 Å². The monoisotopic (exact) mass is 300 g/mol. The summed E-state index contributed by atoms with van der Waals surface area (Å²) in [6.45, 7) is 5.00. The molecule has 114 valence electrons. The molecule has 0 fully saturated rings. The van der Waals surface area contributed by atoms with E-state index in [1.807, 2.05) is 0 Å². The third kappa shape index (κ3) is 3.20. The van der Waals surface area contributed by atoms with Gasteiger partial charge in [0, 0.05) is 17.7 Å². The van der Waals surface area contributed by atoms with E-state index in [4.69, 9.17) is 9.15 Å². The minimum Gasteiger partial charge on any atom is -0.508 e. The van der Waals surface area contributed by atoms with Gasteiger partial charge in [0.15, 0.2) is 5.43 Å². The van der Waals surface area contributed by atoms with Crippen LogP contribution in [0.5, 0.6) is 5.75 Å². The van der Waals surface area contributed by atoms with Gasteiger partial charge in [0.05, 0.1) is 7.11 Å². The highest BCUT2D eigenvalue weighted by Crippen LogP contribution is 2.19. The Bertz CT molecular complexity index is 873. The molecule has 0 aliphatic heterocycles. The van der Waals surface area contributed by atoms with Gasteiger partial charge in [-0.3, -0.25) is 4.79 Å². The lowest BCUT2D eigenvalue weighted by Crippen LogP contribution is -2.40. The third-order valence-electron chi connectivity index (χ3n) is 3.08. The fourth-order valence-electron chi connectivity index (χ4n) is 1.98. The second-order valence-corrected chi connectivity index (χ2v) is 4.66. The Hall–Kier alpha value is -2.95. The molecule has 1 heterocycles. The van der Waals surface area contributed by atoms with Crippen molar-refractivity contribution in [3.05, 3.63) is 63.5 Å². The normalized spacial score (nSPS) is 12.9. The van der Waals surface area contributed by atoms with Crippen LogP contribution in [-0.4, -0.2) is 17.3 Å². The third-order valence-corrected chi connectivity index (χ3v) is 3.08. The average Bonchev–Trinajstić information content (AvgIpc) is 2.46. The number of rotatable bonds is 3. The molecule has 1 aromatic heterocycles. The van der Waals surface area contributed by atoms with E-state index in [9.17, 15) is 15.0 Å². The van der Waals surface area contributed by atoms with Crippen molar-refractivity contribution in [2.45, 2.75) is 6.92 Å². The molecule has 0 saturated carbocycles. The Balaban J connectivity index is 2.83. The van der Waals surface area contributed by atoms with Crippen molar-refractivity contribution < 1.29 is 19.4 Å². The number of ether oxygens (including phenoxy) is 1. The van der Waals surface area contributed by atoms with Gasteiger partial charge >= 0.3 is 0 Å². The van der Waals surface area contributed by atoms with Crippen LogP contribution in [0.4, 0.5) is 0 Å². The number of benzene rings is 1. The first kappa shape index (κ1) is 15.4. The zero-order chi connectivity index (χ0) is 16.3. The van der Waals surface area contributed by atoms with Crippen molar-refractivity contribution in [3.8, 4) is 17.1 Å². The molecule has 5 nitrogen and oxygen atoms in total. The molecular weight excluding hydrogens is 284 g/mol. The van der Waals surface area contributed by atoms with E-state index in [0.29, 0.717) is 17.1 Å². The molecule has 5 heteroatoms. The molecule has 22 heavy (non-hydrogen) atoms. The lowest BCUT2D eigenvalue weighted by molar-refractivity contribution is 0.358. The Kier molecular flexibility index (Phi) is 4.36. The predicted octanol–water partition coefficient (Wildman–Crippen LogP) is 1.64. The Labute approximate surface area is 126 Å². The van der Waals surface area contributed by atoms with Crippen LogP contribution in [0.3, 0.4) is 0 Å². The van der Waals surface area contributed by atoms with Gasteiger partial charge in [0.25, 0.3) is 0 Å². The fourth-order valence-corrected chi connectivity index (χ4v) is 1.98. The molecule has 0 amide bonds. The summed E-state index contributed by atoms with van der Waals surface area (Å²) >= 11 is 0. The molecular formula is C17H16O5. The summed E-state index contributed by atoms with van der Waals surface area (Å²) < 4.78 is 10.8. The smallest absolute Gasteiger partial charge is 0.196 e. The van der Waals surface area contributed by atoms with Crippen LogP contribution in [0, 0.1) is 0 Å². The summed E-state index contributed by atoms with van der Waals surface area (Å²) in [4.78, 5) is 12.3. The maximum Gasteiger partial charge on any atom is 0.196 e. The quantitative estimate of drug-likeness (QED) is 0.842. The molecule has 1 aromatic carbocycles. The largest absolute Gasteiger partial charge is 0.508 e. The Morgan fingerprint density at radius 2 is 1.95 bits per heavy atom. The van der Waals surface area contributed by atoms with Crippen molar-refractivity contribution in [2.24, 2.45) is 0 Å². The fraction of sp³-hybridized carbons (Fsp3) is 0.118. The number of aliphatic hydroxyl groups excluding tert-OH is 1. The van der Waals surface area contributed by atoms with Gasteiger partial charge in [0.2, 0.25) is 0 Å². The van der Waals surface area contributed by atoms with E-state index in [1.54, 1.807) is 19.1 Å². The van der Waals surface area contributed by atoms with Crippen LogP contribution in [-0.2, 0) is 4.74 Å². The number of aromatic hydroxyl groups is 1. The minimum absolute atomic E-state index is 0.113. The second kappa shape index (κ2) is 6.22. The number of hydrogen-bond acceptors (Lipinski definition) is 5. The minimum atomic E-state index is -0.304. The van der Waals surface area contributed by atoms with Gasteiger partial charge in [-0.15, -0.1) is 0 Å². The van der Waals surface area contributed by atoms with Gasteiger partial charge < -0.3 is 19.4 Å². The molecule has 0 atom stereocenters. The summed E-state index contributed by atoms with van der Waals surface area (Å²) in [7, 11) is 1.44. The van der Waals surface area contributed by atoms with E-state index in [2.05, 4.69) is 6.58 Å². The van der Waals surface area contributed by atoms with Gasteiger partial charge in [-0.2, -0.15) is 0 Å². The maximum absolute atomic E-state index is 12.3. The molecule has 2 rings (SSSR count). The van der Waals surface area contributed by atoms with E-state index in [0.717, 1.165) is 0 Å². The molecule has 2 N–H and O–H groups in total. The molecule has 2 aromatic rings. The summed E-state index contributed by atoms with van der Waals surface area (Å²) in [5.41, 5.74) is 0.471. The summed E-state index contributed by atoms with van der Waals surface area (Å²) in [5, 5.41) is 18.9. The lowest BCUT2D eigenvalue weighted by Gasteiger charge is -2.03. The summed E-state index contributed by atoms with van der Waals surface area (Å²) in [6, 6.07) is 7.56. The SMILES string of the molecule is C=C(O)/C=c1/oc(-c2ccc(O)cc2)cc(=O)/c1=C(/C)OC. The highest BCUT2D eigenvalue weighted by molar-refractivity contribution is 5.58. The van der Waals surface area contributed by atoms with Crippen molar-refractivity contribution in [1.29, 1.82) is 0 Å². The van der Waals surface area contributed by atoms with Crippen LogP contribution in [0.1, 0.15) is 6.92 Å². The van der Waals surface area contributed by atoms with Gasteiger partial charge in [-0.25, -0.2) is 0 Å².